The number of halogens is 1. The number of nitrogens with one attached hydrogen (secondary N) is 1. The molecule has 0 saturated heterocycles. The molecule has 10 heteroatoms. The first kappa shape index (κ1) is 26.5. The van der Waals surface area contributed by atoms with Crippen LogP contribution in [0.25, 0.3) is 11.3 Å². The number of benzene rings is 2. The van der Waals surface area contributed by atoms with Crippen LogP contribution in [0.4, 0.5) is 10.1 Å². The number of hydrogen-bond acceptors (Lipinski definition) is 7. The molecular weight excluding hydrogens is 489 g/mol. The van der Waals surface area contributed by atoms with E-state index in [0.717, 1.165) is 11.1 Å². The molecule has 38 heavy (non-hydrogen) atoms. The van der Waals surface area contributed by atoms with Crippen molar-refractivity contribution >= 4 is 17.4 Å². The van der Waals surface area contributed by atoms with Gasteiger partial charge in [0.05, 0.1) is 23.8 Å². The number of aryl methyl sites for hydroxylation is 1. The SMILES string of the molecule is Cc1cccc(Cc2nnc(C(=O)C(NC(=O)Cn3c(-c4ccc(F)cc4)ccc(N)c3=O)C(C)C)o2)c1. The minimum atomic E-state index is -0.971. The van der Waals surface area contributed by atoms with E-state index in [2.05, 4.69) is 15.5 Å². The molecule has 1 unspecified atom stereocenters. The third kappa shape index (κ3) is 6.03. The van der Waals surface area contributed by atoms with Crippen molar-refractivity contribution < 1.29 is 18.4 Å². The third-order valence-electron chi connectivity index (χ3n) is 6.03. The number of amides is 1. The van der Waals surface area contributed by atoms with Crippen LogP contribution in [0.3, 0.4) is 0 Å². The minimum absolute atomic E-state index is 0.0489. The van der Waals surface area contributed by atoms with E-state index in [4.69, 9.17) is 10.2 Å². The second kappa shape index (κ2) is 11.2. The molecule has 1 atom stereocenters. The Bertz CT molecular complexity index is 1520. The van der Waals surface area contributed by atoms with Gasteiger partial charge in [0.2, 0.25) is 17.6 Å². The first-order valence-corrected chi connectivity index (χ1v) is 12.1. The van der Waals surface area contributed by atoms with Gasteiger partial charge in [-0.1, -0.05) is 43.7 Å². The molecule has 2 aromatic heterocycles. The smallest absolute Gasteiger partial charge is 0.286 e. The molecule has 0 aliphatic rings. The number of ketones is 1. The van der Waals surface area contributed by atoms with E-state index in [1.807, 2.05) is 31.2 Å². The maximum absolute atomic E-state index is 13.4. The Kier molecular flexibility index (Phi) is 7.80. The Labute approximate surface area is 218 Å². The lowest BCUT2D eigenvalue weighted by Gasteiger charge is -2.21. The Hall–Kier alpha value is -4.60. The van der Waals surface area contributed by atoms with Crippen molar-refractivity contribution in [3.8, 4) is 11.3 Å². The van der Waals surface area contributed by atoms with Crippen LogP contribution in [0.1, 0.15) is 41.6 Å². The van der Waals surface area contributed by atoms with Gasteiger partial charge in [-0.3, -0.25) is 19.0 Å². The summed E-state index contributed by atoms with van der Waals surface area (Å²) in [5.74, 6) is -1.80. The van der Waals surface area contributed by atoms with Gasteiger partial charge in [-0.15, -0.1) is 10.2 Å². The standard InChI is InChI=1S/C28H28FN5O4/c1-16(2)25(26(36)27-33-32-24(38-27)14-18-6-4-5-17(3)13-18)31-23(35)15-34-22(12-11-21(30)28(34)37)19-7-9-20(29)10-8-19/h4-13,16,25H,14-15,30H2,1-3H3,(H,31,35). The highest BCUT2D eigenvalue weighted by molar-refractivity contribution is 5.98. The number of rotatable bonds is 9. The Morgan fingerprint density at radius 1 is 1.08 bits per heavy atom. The van der Waals surface area contributed by atoms with E-state index >= 15 is 0 Å². The summed E-state index contributed by atoms with van der Waals surface area (Å²) in [7, 11) is 0. The topological polar surface area (TPSA) is 133 Å². The highest BCUT2D eigenvalue weighted by Crippen LogP contribution is 2.20. The monoisotopic (exact) mass is 517 g/mol. The molecule has 4 aromatic rings. The van der Waals surface area contributed by atoms with Crippen molar-refractivity contribution in [2.75, 3.05) is 5.73 Å². The second-order valence-electron chi connectivity index (χ2n) is 9.39. The molecule has 0 spiro atoms. The molecular formula is C28H28FN5O4. The molecule has 0 aliphatic heterocycles. The zero-order valence-corrected chi connectivity index (χ0v) is 21.3. The Balaban J connectivity index is 1.52. The van der Waals surface area contributed by atoms with Crippen molar-refractivity contribution in [3.63, 3.8) is 0 Å². The quantitative estimate of drug-likeness (QED) is 0.325. The highest BCUT2D eigenvalue weighted by Gasteiger charge is 2.30. The van der Waals surface area contributed by atoms with Crippen molar-refractivity contribution in [1.82, 2.24) is 20.1 Å². The zero-order chi connectivity index (χ0) is 27.4. The highest BCUT2D eigenvalue weighted by atomic mass is 19.1. The van der Waals surface area contributed by atoms with Gasteiger partial charge in [0, 0.05) is 0 Å². The number of carbonyl (C=O) groups excluding carboxylic acids is 2. The molecule has 2 aromatic carbocycles. The molecule has 0 saturated carbocycles. The normalized spacial score (nSPS) is 11.9. The van der Waals surface area contributed by atoms with Gasteiger partial charge in [0.25, 0.3) is 11.4 Å². The van der Waals surface area contributed by atoms with E-state index < -0.39 is 35.7 Å². The lowest BCUT2D eigenvalue weighted by molar-refractivity contribution is -0.122. The summed E-state index contributed by atoms with van der Waals surface area (Å²) in [6.07, 6.45) is 0.366. The van der Waals surface area contributed by atoms with Gasteiger partial charge in [-0.05, 0) is 60.4 Å². The van der Waals surface area contributed by atoms with E-state index in [9.17, 15) is 18.8 Å². The Morgan fingerprint density at radius 3 is 2.50 bits per heavy atom. The summed E-state index contributed by atoms with van der Waals surface area (Å²) < 4.78 is 20.2. The zero-order valence-electron chi connectivity index (χ0n) is 21.3. The molecule has 0 aliphatic carbocycles. The van der Waals surface area contributed by atoms with Gasteiger partial charge >= 0.3 is 0 Å². The van der Waals surface area contributed by atoms with Crippen LogP contribution >= 0.6 is 0 Å². The fraction of sp³-hybridized carbons (Fsp3) is 0.250. The average molecular weight is 518 g/mol. The number of pyridine rings is 1. The maximum atomic E-state index is 13.4. The van der Waals surface area contributed by atoms with E-state index in [1.165, 1.54) is 34.9 Å². The number of Topliss-reactive ketones (excluding diaryl/α,β-unsaturated/α-hetero) is 1. The molecule has 4 rings (SSSR count). The molecule has 0 fully saturated rings. The summed E-state index contributed by atoms with van der Waals surface area (Å²) in [6, 6.07) is 15.4. The van der Waals surface area contributed by atoms with Crippen molar-refractivity contribution in [2.45, 2.75) is 39.8 Å². The van der Waals surface area contributed by atoms with E-state index in [0.29, 0.717) is 17.7 Å². The van der Waals surface area contributed by atoms with Gasteiger partial charge in [0.15, 0.2) is 0 Å². The number of carbonyl (C=O) groups is 2. The van der Waals surface area contributed by atoms with Gasteiger partial charge < -0.3 is 15.5 Å². The third-order valence-corrected chi connectivity index (χ3v) is 6.03. The van der Waals surface area contributed by atoms with E-state index in [-0.39, 0.29) is 23.4 Å². The van der Waals surface area contributed by atoms with Crippen molar-refractivity contribution in [1.29, 1.82) is 0 Å². The molecule has 9 nitrogen and oxygen atoms in total. The maximum Gasteiger partial charge on any atom is 0.286 e. The Morgan fingerprint density at radius 2 is 1.82 bits per heavy atom. The lowest BCUT2D eigenvalue weighted by atomic mass is 9.99. The molecule has 1 amide bonds. The summed E-state index contributed by atoms with van der Waals surface area (Å²) >= 11 is 0. The first-order valence-electron chi connectivity index (χ1n) is 12.1. The number of anilines is 1. The lowest BCUT2D eigenvalue weighted by Crippen LogP contribution is -2.46. The molecule has 2 heterocycles. The number of nitrogens with two attached hydrogens (primary N) is 1. The molecule has 0 radical (unpaired) electrons. The number of aromatic nitrogens is 3. The summed E-state index contributed by atoms with van der Waals surface area (Å²) in [5, 5.41) is 10.6. The van der Waals surface area contributed by atoms with Crippen molar-refractivity contribution in [2.24, 2.45) is 5.92 Å². The second-order valence-corrected chi connectivity index (χ2v) is 9.39. The van der Waals surface area contributed by atoms with E-state index in [1.54, 1.807) is 19.9 Å². The summed E-state index contributed by atoms with van der Waals surface area (Å²) in [6.45, 7) is 5.10. The fourth-order valence-electron chi connectivity index (χ4n) is 4.08. The number of nitrogens with zero attached hydrogens (tertiary/aromatic N) is 3. The summed E-state index contributed by atoms with van der Waals surface area (Å²) in [5.41, 5.74) is 8.13. The van der Waals surface area contributed by atoms with Crippen LogP contribution in [0.5, 0.6) is 0 Å². The molecule has 0 bridgehead atoms. The number of nitrogen functional groups attached to an aromatic ring is 1. The van der Waals surface area contributed by atoms with Gasteiger partial charge in [0.1, 0.15) is 12.4 Å². The average Bonchev–Trinajstić information content (AvgIpc) is 3.34. The van der Waals surface area contributed by atoms with Crippen LogP contribution in [-0.2, 0) is 17.8 Å². The van der Waals surface area contributed by atoms with Crippen molar-refractivity contribution in [3.05, 3.63) is 99.7 Å². The van der Waals surface area contributed by atoms with Gasteiger partial charge in [-0.25, -0.2) is 4.39 Å². The van der Waals surface area contributed by atoms with Crippen LogP contribution in [0, 0.1) is 18.7 Å². The first-order chi connectivity index (χ1) is 18.1. The van der Waals surface area contributed by atoms with Gasteiger partial charge in [-0.2, -0.15) is 0 Å². The fourth-order valence-corrected chi connectivity index (χ4v) is 4.08. The van der Waals surface area contributed by atoms with Crippen LogP contribution in [0.2, 0.25) is 0 Å². The summed E-state index contributed by atoms with van der Waals surface area (Å²) in [4.78, 5) is 39.1. The van der Waals surface area contributed by atoms with Crippen LogP contribution in [-0.4, -0.2) is 32.5 Å². The molecule has 3 N–H and O–H groups in total. The predicted octanol–water partition coefficient (Wildman–Crippen LogP) is 3.54. The number of hydrogen-bond donors (Lipinski definition) is 2. The van der Waals surface area contributed by atoms with Crippen LogP contribution in [0.15, 0.2) is 69.9 Å². The van der Waals surface area contributed by atoms with Crippen LogP contribution < -0.4 is 16.6 Å². The minimum Gasteiger partial charge on any atom is -0.418 e. The predicted molar refractivity (Wildman–Crippen MR) is 140 cm³/mol. The largest absolute Gasteiger partial charge is 0.418 e. The molecule has 196 valence electrons.